The molecule has 30 heteroatoms. The topological polar surface area (TPSA) is 55.4 Å². The van der Waals surface area contributed by atoms with Crippen molar-refractivity contribution in [3.05, 3.63) is 24.1 Å². The van der Waals surface area contributed by atoms with E-state index in [1.807, 2.05) is 0 Å². The van der Waals surface area contributed by atoms with Crippen LogP contribution in [0.4, 0.5) is 106 Å². The predicted octanol–water partition coefficient (Wildman–Crippen LogP) is 9.21. The number of halogens is 24. The van der Waals surface area contributed by atoms with Crippen molar-refractivity contribution in [1.82, 2.24) is 0 Å². The van der Waals surface area contributed by atoms with E-state index in [4.69, 9.17) is 0 Å². The lowest BCUT2D eigenvalue weighted by Gasteiger charge is -2.39. The summed E-state index contributed by atoms with van der Waals surface area (Å²) in [5.41, 5.74) is 0. The lowest BCUT2D eigenvalue weighted by atomic mass is 9.97. The van der Waals surface area contributed by atoms with Crippen LogP contribution in [0.5, 0.6) is 0 Å². The molecule has 0 fully saturated rings. The minimum Gasteiger partial charge on any atom is -0.390 e. The molecule has 6 nitrogen and oxygen atoms in total. The fourth-order valence-electron chi connectivity index (χ4n) is 1.93. The summed E-state index contributed by atoms with van der Waals surface area (Å²) in [6.07, 6.45) is -16.9. The average molecular weight is 766 g/mol. The van der Waals surface area contributed by atoms with Crippen molar-refractivity contribution in [2.24, 2.45) is 0 Å². The molecule has 0 saturated carbocycles. The molecule has 0 radical (unpaired) electrons. The Morgan fingerprint density at radius 3 is 1.11 bits per heavy atom. The Bertz CT molecular complexity index is 1050. The van der Waals surface area contributed by atoms with Crippen LogP contribution in [0.3, 0.4) is 0 Å². The van der Waals surface area contributed by atoms with Crippen molar-refractivity contribution >= 4 is 0 Å². The molecule has 282 valence electrons. The second-order valence-electron chi connectivity index (χ2n) is 7.22. The number of ether oxygens (including phenoxy) is 5. The molecule has 0 aromatic rings. The first-order chi connectivity index (χ1) is 20.6. The molecule has 2 aliphatic heterocycles. The van der Waals surface area contributed by atoms with Crippen LogP contribution in [-0.4, -0.2) is 74.6 Å². The van der Waals surface area contributed by atoms with E-state index < -0.39 is 84.9 Å². The molecule has 47 heavy (non-hydrogen) atoms. The number of hydrogen-bond donors (Lipinski definition) is 0. The van der Waals surface area contributed by atoms with Gasteiger partial charge in [-0.25, -0.2) is 0 Å². The van der Waals surface area contributed by atoms with Gasteiger partial charge in [-0.05, 0) is 11.4 Å². The summed E-state index contributed by atoms with van der Waals surface area (Å²) in [4.78, 5) is 1.80. The zero-order valence-electron chi connectivity index (χ0n) is 21.4. The standard InChI is InChI=1S/C8F14O2.C4F6O3.C4H7F3O.CH3F/c9-1-2(10)24-8(22,23-1)6(17,18)4(13,14)3(11,12)5(15,16)7(19,20)21;5-1-2(6)12-4(9,11-1)3(7,8)13-10;1-2-8-3-4(5,6)7;1-2/h;;2-3H2,1H3;1H3. The molecule has 0 spiro atoms. The lowest BCUT2D eigenvalue weighted by molar-refractivity contribution is -0.489. The van der Waals surface area contributed by atoms with Crippen molar-refractivity contribution in [2.75, 3.05) is 20.4 Å². The Hall–Kier alpha value is -3.08. The smallest absolute Gasteiger partial charge is 0.390 e. The highest BCUT2D eigenvalue weighted by molar-refractivity contribution is 5.11. The van der Waals surface area contributed by atoms with Gasteiger partial charge in [0.05, 0.1) is 7.18 Å². The predicted molar refractivity (Wildman–Crippen MR) is 93.1 cm³/mol. The van der Waals surface area contributed by atoms with Gasteiger partial charge in [0, 0.05) is 6.61 Å². The highest BCUT2D eigenvalue weighted by atomic mass is 19.4. The van der Waals surface area contributed by atoms with Gasteiger partial charge in [-0.15, -0.1) is 9.33 Å². The van der Waals surface area contributed by atoms with Gasteiger partial charge >= 0.3 is 78.3 Å². The molecule has 0 unspecified atom stereocenters. The molecule has 0 N–H and O–H groups in total. The third-order valence-electron chi connectivity index (χ3n) is 4.02. The van der Waals surface area contributed by atoms with Gasteiger partial charge < -0.3 is 23.7 Å². The first kappa shape index (κ1) is 46.0. The van der Waals surface area contributed by atoms with E-state index in [1.54, 1.807) is 4.94 Å². The van der Waals surface area contributed by atoms with Crippen molar-refractivity contribution in [3.8, 4) is 0 Å². The second-order valence-corrected chi connectivity index (χ2v) is 7.22. The Labute approximate surface area is 241 Å². The van der Waals surface area contributed by atoms with E-state index in [1.165, 1.54) is 6.92 Å². The third-order valence-corrected chi connectivity index (χ3v) is 4.02. The average Bonchev–Trinajstić information content (AvgIpc) is 3.35. The minimum absolute atomic E-state index is 0.111. The first-order valence-electron chi connectivity index (χ1n) is 10.2. The molecular formula is C17H10F24O6. The number of alkyl halides is 19. The van der Waals surface area contributed by atoms with Gasteiger partial charge in [-0.2, -0.15) is 92.2 Å². The van der Waals surface area contributed by atoms with E-state index in [0.29, 0.717) is 7.18 Å². The molecule has 0 saturated heterocycles. The quantitative estimate of drug-likeness (QED) is 0.230. The van der Waals surface area contributed by atoms with E-state index in [-0.39, 0.29) is 6.61 Å². The molecule has 0 aromatic carbocycles. The van der Waals surface area contributed by atoms with E-state index >= 15 is 0 Å². The summed E-state index contributed by atoms with van der Waals surface area (Å²) in [6, 6.07) is -21.8. The molecule has 0 atom stereocenters. The lowest BCUT2D eigenvalue weighted by Crippen LogP contribution is -2.71. The van der Waals surface area contributed by atoms with E-state index in [9.17, 15) is 106 Å². The van der Waals surface area contributed by atoms with Crippen molar-refractivity contribution < 1.29 is 134 Å². The molecule has 0 bridgehead atoms. The maximum absolute atomic E-state index is 13.2. The summed E-state index contributed by atoms with van der Waals surface area (Å²) in [6.45, 7) is 0.495. The molecule has 2 rings (SSSR count). The monoisotopic (exact) mass is 766 g/mol. The summed E-state index contributed by atoms with van der Waals surface area (Å²) in [5, 5.41) is 0. The van der Waals surface area contributed by atoms with E-state index in [0.717, 1.165) is 0 Å². The van der Waals surface area contributed by atoms with Crippen LogP contribution in [0, 0.1) is 0 Å². The maximum Gasteiger partial charge on any atom is 0.511 e. The summed E-state index contributed by atoms with van der Waals surface area (Å²) < 4.78 is 305. The van der Waals surface area contributed by atoms with Crippen LogP contribution in [0.2, 0.25) is 0 Å². The second kappa shape index (κ2) is 15.0. The van der Waals surface area contributed by atoms with E-state index in [2.05, 4.69) is 23.7 Å². The van der Waals surface area contributed by atoms with Crippen LogP contribution in [0.15, 0.2) is 24.1 Å². The molecule has 2 aliphatic rings. The normalized spacial score (nSPS) is 18.3. The van der Waals surface area contributed by atoms with Crippen molar-refractivity contribution in [2.45, 2.75) is 61.2 Å². The van der Waals surface area contributed by atoms with Crippen LogP contribution in [0.25, 0.3) is 0 Å². The van der Waals surface area contributed by atoms with Gasteiger partial charge in [-0.3, -0.25) is 4.39 Å². The Morgan fingerprint density at radius 2 is 0.872 bits per heavy atom. The fourth-order valence-corrected chi connectivity index (χ4v) is 1.93. The highest BCUT2D eigenvalue weighted by Crippen LogP contribution is 2.61. The van der Waals surface area contributed by atoms with Crippen molar-refractivity contribution in [1.29, 1.82) is 0 Å². The Balaban J connectivity index is 0. The maximum atomic E-state index is 13.2. The molecule has 0 aliphatic carbocycles. The molecule has 2 heterocycles. The van der Waals surface area contributed by atoms with Gasteiger partial charge in [0.25, 0.3) is 0 Å². The SMILES string of the molecule is CCOCC(F)(F)F.CF.FC1=C(F)OC(F)(C(F)(F)C(F)(F)C(F)(F)C(F)(F)C(F)(F)F)O1.FOC(F)(F)C1(F)OC(F)=C(F)O1. The summed E-state index contributed by atoms with van der Waals surface area (Å²) in [7, 11) is 0.500. The largest absolute Gasteiger partial charge is 0.511 e. The summed E-state index contributed by atoms with van der Waals surface area (Å²) >= 11 is 0. The molecule has 0 aromatic heterocycles. The van der Waals surface area contributed by atoms with Gasteiger partial charge in [0.15, 0.2) is 0 Å². The van der Waals surface area contributed by atoms with Crippen molar-refractivity contribution in [3.63, 3.8) is 0 Å². The van der Waals surface area contributed by atoms with Gasteiger partial charge in [0.1, 0.15) is 6.61 Å². The Kier molecular flexibility index (Phi) is 14.7. The Morgan fingerprint density at radius 1 is 0.553 bits per heavy atom. The van der Waals surface area contributed by atoms with Gasteiger partial charge in [0.2, 0.25) is 0 Å². The third kappa shape index (κ3) is 9.51. The van der Waals surface area contributed by atoms with Crippen LogP contribution < -0.4 is 0 Å². The van der Waals surface area contributed by atoms with Gasteiger partial charge in [-0.1, -0.05) is 0 Å². The first-order valence-corrected chi connectivity index (χ1v) is 10.2. The molecular weight excluding hydrogens is 756 g/mol. The number of hydrogen-bond acceptors (Lipinski definition) is 6. The van der Waals surface area contributed by atoms with Crippen LogP contribution >= 0.6 is 0 Å². The van der Waals surface area contributed by atoms with Crippen LogP contribution in [-0.2, 0) is 28.6 Å². The minimum atomic E-state index is -7.98. The number of rotatable bonds is 8. The highest BCUT2D eigenvalue weighted by Gasteiger charge is 2.92. The molecule has 0 amide bonds. The zero-order valence-corrected chi connectivity index (χ0v) is 21.4. The zero-order chi connectivity index (χ0) is 38.5. The summed E-state index contributed by atoms with van der Waals surface area (Å²) in [5.74, 6) is -31.1. The van der Waals surface area contributed by atoms with Crippen LogP contribution in [0.1, 0.15) is 6.92 Å². The fraction of sp³-hybridized carbons (Fsp3) is 0.765.